The van der Waals surface area contributed by atoms with Crippen LogP contribution in [0.2, 0.25) is 0 Å². The molecule has 2 aromatic heterocycles. The third kappa shape index (κ3) is 3.33. The number of thioether (sulfide) groups is 1. The monoisotopic (exact) mass is 358 g/mol. The van der Waals surface area contributed by atoms with Gasteiger partial charge in [-0.25, -0.2) is 4.98 Å². The van der Waals surface area contributed by atoms with Gasteiger partial charge in [-0.15, -0.1) is 10.2 Å². The first-order valence-electron chi connectivity index (χ1n) is 8.54. The summed E-state index contributed by atoms with van der Waals surface area (Å²) in [5.74, 6) is -0.233. The molecule has 0 spiro atoms. The smallest absolute Gasteiger partial charge is 0.319 e. The Labute approximate surface area is 151 Å². The van der Waals surface area contributed by atoms with E-state index in [1.54, 1.807) is 6.92 Å². The maximum absolute atomic E-state index is 12.0. The van der Waals surface area contributed by atoms with Crippen molar-refractivity contribution in [3.05, 3.63) is 23.8 Å². The number of rotatable bonds is 6. The molecule has 0 aliphatic carbocycles. The Morgan fingerprint density at radius 2 is 2.08 bits per heavy atom. The molecule has 3 rings (SSSR count). The highest BCUT2D eigenvalue weighted by molar-refractivity contribution is 8.00. The molecule has 7 heteroatoms. The summed E-state index contributed by atoms with van der Waals surface area (Å²) in [4.78, 5) is 16.6. The predicted molar refractivity (Wildman–Crippen MR) is 99.8 cm³/mol. The van der Waals surface area contributed by atoms with Crippen LogP contribution in [-0.4, -0.2) is 37.6 Å². The van der Waals surface area contributed by atoms with E-state index in [-0.39, 0.29) is 11.2 Å². The first-order valence-corrected chi connectivity index (χ1v) is 9.42. The number of carbonyl (C=O) groups is 1. The van der Waals surface area contributed by atoms with Crippen molar-refractivity contribution in [2.75, 3.05) is 6.61 Å². The summed E-state index contributed by atoms with van der Waals surface area (Å²) < 4.78 is 7.13. The van der Waals surface area contributed by atoms with Crippen molar-refractivity contribution >= 4 is 39.8 Å². The lowest BCUT2D eigenvalue weighted by atomic mass is 10.1. The number of benzene rings is 1. The topological polar surface area (TPSA) is 69.9 Å². The van der Waals surface area contributed by atoms with Crippen LogP contribution in [0.1, 0.15) is 32.8 Å². The number of aromatic nitrogens is 4. The normalized spacial score (nSPS) is 12.6. The zero-order chi connectivity index (χ0) is 18.0. The second-order valence-corrected chi connectivity index (χ2v) is 6.97. The molecule has 0 aliphatic heterocycles. The summed E-state index contributed by atoms with van der Waals surface area (Å²) in [6, 6.07) is 6.37. The van der Waals surface area contributed by atoms with Gasteiger partial charge in [-0.1, -0.05) is 31.7 Å². The molecule has 1 aromatic carbocycles. The van der Waals surface area contributed by atoms with Gasteiger partial charge in [-0.2, -0.15) is 0 Å². The molecule has 132 valence electrons. The Morgan fingerprint density at radius 1 is 1.28 bits per heavy atom. The molecule has 0 N–H and O–H groups in total. The summed E-state index contributed by atoms with van der Waals surface area (Å²) in [5.41, 5.74) is 3.91. The van der Waals surface area contributed by atoms with Crippen LogP contribution in [0.4, 0.5) is 0 Å². The average Bonchev–Trinajstić information content (AvgIpc) is 2.91. The van der Waals surface area contributed by atoms with Crippen molar-refractivity contribution in [2.45, 2.75) is 44.0 Å². The fraction of sp³-hybridized carbons (Fsp3) is 0.444. The number of ether oxygens (including phenoxy) is 1. The van der Waals surface area contributed by atoms with E-state index in [4.69, 9.17) is 4.74 Å². The highest BCUT2D eigenvalue weighted by Gasteiger charge is 2.22. The van der Waals surface area contributed by atoms with Crippen LogP contribution in [0.15, 0.2) is 23.4 Å². The van der Waals surface area contributed by atoms with Crippen molar-refractivity contribution in [3.63, 3.8) is 0 Å². The van der Waals surface area contributed by atoms with Gasteiger partial charge in [-0.3, -0.25) is 4.79 Å². The van der Waals surface area contributed by atoms with Crippen LogP contribution in [-0.2, 0) is 23.0 Å². The predicted octanol–water partition coefficient (Wildman–Crippen LogP) is 3.51. The van der Waals surface area contributed by atoms with Crippen LogP contribution in [0, 0.1) is 0 Å². The van der Waals surface area contributed by atoms with E-state index in [1.807, 2.05) is 18.5 Å². The van der Waals surface area contributed by atoms with Gasteiger partial charge in [0.1, 0.15) is 10.8 Å². The van der Waals surface area contributed by atoms with Gasteiger partial charge in [0.25, 0.3) is 0 Å². The number of hydrogen-bond acceptors (Lipinski definition) is 6. The molecule has 0 bridgehead atoms. The number of carbonyl (C=O) groups excluding carboxylic acids is 1. The molecule has 0 unspecified atom stereocenters. The van der Waals surface area contributed by atoms with E-state index in [0.717, 1.165) is 28.5 Å². The van der Waals surface area contributed by atoms with Gasteiger partial charge in [-0.05, 0) is 37.5 Å². The number of aryl methyl sites for hydroxylation is 2. The molecular formula is C18H22N4O2S. The van der Waals surface area contributed by atoms with Gasteiger partial charge in [0.05, 0.1) is 12.1 Å². The van der Waals surface area contributed by atoms with Crippen molar-refractivity contribution in [1.82, 2.24) is 19.7 Å². The Morgan fingerprint density at radius 3 is 2.76 bits per heavy atom. The van der Waals surface area contributed by atoms with E-state index >= 15 is 0 Å². The molecule has 0 radical (unpaired) electrons. The summed E-state index contributed by atoms with van der Waals surface area (Å²) in [7, 11) is 1.97. The zero-order valence-electron chi connectivity index (χ0n) is 14.9. The van der Waals surface area contributed by atoms with Gasteiger partial charge < -0.3 is 9.30 Å². The molecule has 0 saturated heterocycles. The third-order valence-corrected chi connectivity index (χ3v) is 5.41. The minimum absolute atomic E-state index is 0.233. The molecule has 0 saturated carbocycles. The van der Waals surface area contributed by atoms with E-state index in [2.05, 4.69) is 40.3 Å². The molecule has 0 fully saturated rings. The average molecular weight is 358 g/mol. The molecule has 6 nitrogen and oxygen atoms in total. The molecule has 2 heterocycles. The van der Waals surface area contributed by atoms with Gasteiger partial charge in [0, 0.05) is 12.4 Å². The molecule has 0 amide bonds. The number of esters is 1. The summed E-state index contributed by atoms with van der Waals surface area (Å²) in [5, 5.41) is 9.87. The minimum Gasteiger partial charge on any atom is -0.465 e. The van der Waals surface area contributed by atoms with Gasteiger partial charge >= 0.3 is 5.97 Å². The quantitative estimate of drug-likeness (QED) is 0.496. The minimum atomic E-state index is -0.319. The standard InChI is InChI=1S/C18H22N4O2S/c1-5-11-8-9-13-12(10-11)15-16(22(13)4)19-18(21-20-15)25-14(6-2)17(23)24-7-3/h8-10,14H,5-7H2,1-4H3/t14-/m1/s1. The van der Waals surface area contributed by atoms with Crippen molar-refractivity contribution in [2.24, 2.45) is 7.05 Å². The van der Waals surface area contributed by atoms with Crippen LogP contribution < -0.4 is 0 Å². The number of fused-ring (bicyclic) bond motifs is 3. The fourth-order valence-corrected chi connectivity index (χ4v) is 3.63. The maximum Gasteiger partial charge on any atom is 0.319 e. The Balaban J connectivity index is 2.01. The first kappa shape index (κ1) is 17.7. The Hall–Kier alpha value is -2.15. The van der Waals surface area contributed by atoms with E-state index in [9.17, 15) is 4.79 Å². The lowest BCUT2D eigenvalue weighted by Gasteiger charge is -2.11. The second kappa shape index (κ2) is 7.39. The van der Waals surface area contributed by atoms with E-state index < -0.39 is 0 Å². The number of hydrogen-bond donors (Lipinski definition) is 0. The molecule has 0 aliphatic rings. The van der Waals surface area contributed by atoms with Crippen molar-refractivity contribution in [3.8, 4) is 0 Å². The molecular weight excluding hydrogens is 336 g/mol. The van der Waals surface area contributed by atoms with E-state index in [0.29, 0.717) is 18.2 Å². The summed E-state index contributed by atoms with van der Waals surface area (Å²) in [6.45, 7) is 6.26. The van der Waals surface area contributed by atoms with Gasteiger partial charge in [0.2, 0.25) is 5.16 Å². The van der Waals surface area contributed by atoms with Crippen molar-refractivity contribution < 1.29 is 9.53 Å². The van der Waals surface area contributed by atoms with Crippen LogP contribution in [0.3, 0.4) is 0 Å². The molecule has 25 heavy (non-hydrogen) atoms. The van der Waals surface area contributed by atoms with Crippen LogP contribution in [0.5, 0.6) is 0 Å². The second-order valence-electron chi connectivity index (χ2n) is 5.80. The molecule has 3 aromatic rings. The van der Waals surface area contributed by atoms with E-state index in [1.165, 1.54) is 17.3 Å². The Bertz CT molecular complexity index is 922. The highest BCUT2D eigenvalue weighted by atomic mass is 32.2. The maximum atomic E-state index is 12.0. The SMILES string of the molecule is CCOC(=O)[C@@H](CC)Sc1nnc2c3cc(CC)ccc3n(C)c2n1. The van der Waals surface area contributed by atoms with Crippen LogP contribution in [0.25, 0.3) is 22.1 Å². The van der Waals surface area contributed by atoms with Crippen LogP contribution >= 0.6 is 11.8 Å². The number of nitrogens with zero attached hydrogens (tertiary/aromatic N) is 4. The lowest BCUT2D eigenvalue weighted by molar-refractivity contribution is -0.142. The third-order valence-electron chi connectivity index (χ3n) is 4.22. The largest absolute Gasteiger partial charge is 0.465 e. The molecule has 1 atom stereocenters. The van der Waals surface area contributed by atoms with Gasteiger partial charge in [0.15, 0.2) is 5.65 Å². The first-order chi connectivity index (χ1) is 12.1. The highest BCUT2D eigenvalue weighted by Crippen LogP contribution is 2.29. The summed E-state index contributed by atoms with van der Waals surface area (Å²) in [6.07, 6.45) is 1.62. The van der Waals surface area contributed by atoms with Crippen molar-refractivity contribution in [1.29, 1.82) is 0 Å². The Kier molecular flexibility index (Phi) is 5.22. The zero-order valence-corrected chi connectivity index (χ0v) is 15.8. The fourth-order valence-electron chi connectivity index (χ4n) is 2.82. The summed E-state index contributed by atoms with van der Waals surface area (Å²) >= 11 is 1.31. The lowest BCUT2D eigenvalue weighted by Crippen LogP contribution is -2.19.